The van der Waals surface area contributed by atoms with E-state index in [1.807, 2.05) is 6.07 Å². The van der Waals surface area contributed by atoms with Crippen molar-refractivity contribution >= 4 is 54.7 Å². The Hall–Kier alpha value is -1.13. The molecule has 0 amide bonds. The van der Waals surface area contributed by atoms with Gasteiger partial charge < -0.3 is 9.59 Å². The number of aldehydes is 2. The summed E-state index contributed by atoms with van der Waals surface area (Å²) in [6, 6.07) is 2.67. The fourth-order valence-electron chi connectivity index (χ4n) is 2.08. The molecule has 0 aliphatic heterocycles. The van der Waals surface area contributed by atoms with Crippen molar-refractivity contribution in [3.63, 3.8) is 0 Å². The third-order valence-corrected chi connectivity index (χ3v) is 7.10. The second kappa shape index (κ2) is 6.55. The molecule has 22 heavy (non-hydrogen) atoms. The highest BCUT2D eigenvalue weighted by atomic mass is 32.2. The van der Waals surface area contributed by atoms with Crippen molar-refractivity contribution in [3.05, 3.63) is 17.0 Å². The smallest absolute Gasteiger partial charge is 0.247 e. The van der Waals surface area contributed by atoms with Gasteiger partial charge in [-0.3, -0.25) is 4.90 Å². The standard InChI is InChI=1S/C13H16N2O4S3/c1-8(6-16)15(9(2)7-17)5-11-3-10-4-12(22(14,18)19)21-13(10)20-11/h3-4,6-9H,5H2,1-2H3,(H2,14,18,19). The van der Waals surface area contributed by atoms with E-state index in [9.17, 15) is 18.0 Å². The average molecular weight is 360 g/mol. The number of carbonyl (C=O) groups excluding carboxylic acids is 2. The minimum atomic E-state index is -3.68. The van der Waals surface area contributed by atoms with Crippen molar-refractivity contribution in [1.29, 1.82) is 0 Å². The largest absolute Gasteiger partial charge is 0.302 e. The first-order valence-electron chi connectivity index (χ1n) is 6.47. The van der Waals surface area contributed by atoms with Crippen LogP contribution in [0.15, 0.2) is 16.3 Å². The Balaban J connectivity index is 2.29. The molecule has 0 saturated heterocycles. The average Bonchev–Trinajstić information content (AvgIpc) is 3.00. The number of rotatable bonds is 7. The van der Waals surface area contributed by atoms with Crippen molar-refractivity contribution in [3.8, 4) is 0 Å². The van der Waals surface area contributed by atoms with Crippen LogP contribution in [0.25, 0.3) is 9.40 Å². The number of primary sulfonamides is 1. The minimum Gasteiger partial charge on any atom is -0.302 e. The fraction of sp³-hybridized carbons (Fsp3) is 0.385. The van der Waals surface area contributed by atoms with Gasteiger partial charge >= 0.3 is 0 Å². The Morgan fingerprint density at radius 3 is 2.23 bits per heavy atom. The number of nitrogens with zero attached hydrogens (tertiary/aromatic N) is 1. The Labute approximate surface area is 136 Å². The molecule has 2 aromatic rings. The summed E-state index contributed by atoms with van der Waals surface area (Å²) in [6.45, 7) is 3.93. The van der Waals surface area contributed by atoms with Gasteiger partial charge in [-0.25, -0.2) is 13.6 Å². The van der Waals surface area contributed by atoms with Crippen LogP contribution in [0, 0.1) is 0 Å². The summed E-state index contributed by atoms with van der Waals surface area (Å²) in [5.41, 5.74) is 0. The number of hydrogen-bond donors (Lipinski definition) is 1. The van der Waals surface area contributed by atoms with Gasteiger partial charge in [0, 0.05) is 16.8 Å². The predicted molar refractivity (Wildman–Crippen MR) is 87.7 cm³/mol. The highest BCUT2D eigenvalue weighted by Gasteiger charge is 2.21. The third kappa shape index (κ3) is 3.61. The van der Waals surface area contributed by atoms with E-state index in [0.29, 0.717) is 6.54 Å². The molecule has 2 N–H and O–H groups in total. The summed E-state index contributed by atoms with van der Waals surface area (Å²) in [5, 5.41) is 5.93. The third-order valence-electron chi connectivity index (χ3n) is 3.30. The van der Waals surface area contributed by atoms with E-state index in [0.717, 1.165) is 38.2 Å². The summed E-state index contributed by atoms with van der Waals surface area (Å²) in [7, 11) is -3.68. The summed E-state index contributed by atoms with van der Waals surface area (Å²) < 4.78 is 23.6. The van der Waals surface area contributed by atoms with E-state index >= 15 is 0 Å². The Bertz CT molecular complexity index is 748. The Morgan fingerprint density at radius 2 is 1.77 bits per heavy atom. The van der Waals surface area contributed by atoms with Gasteiger partial charge in [-0.2, -0.15) is 0 Å². The molecule has 0 aromatic carbocycles. The van der Waals surface area contributed by atoms with Gasteiger partial charge in [0.2, 0.25) is 10.0 Å². The van der Waals surface area contributed by atoms with Crippen LogP contribution in [0.1, 0.15) is 18.7 Å². The number of thiophene rings is 2. The van der Waals surface area contributed by atoms with Gasteiger partial charge in [-0.05, 0) is 26.0 Å². The molecule has 6 nitrogen and oxygen atoms in total. The molecule has 0 saturated carbocycles. The molecule has 0 spiro atoms. The van der Waals surface area contributed by atoms with Crippen LogP contribution >= 0.6 is 22.7 Å². The molecule has 0 aliphatic rings. The molecule has 2 heterocycles. The number of fused-ring (bicyclic) bond motifs is 1. The van der Waals surface area contributed by atoms with Gasteiger partial charge in [0.05, 0.1) is 16.1 Å². The van der Waals surface area contributed by atoms with Crippen LogP contribution in [0.2, 0.25) is 0 Å². The maximum atomic E-state index is 11.3. The van der Waals surface area contributed by atoms with Crippen LogP contribution in [-0.4, -0.2) is 38.0 Å². The normalized spacial score (nSPS) is 15.1. The first-order chi connectivity index (χ1) is 10.3. The lowest BCUT2D eigenvalue weighted by Gasteiger charge is -2.27. The Kier molecular flexibility index (Phi) is 5.13. The molecular weight excluding hydrogens is 344 g/mol. The summed E-state index contributed by atoms with van der Waals surface area (Å²) in [4.78, 5) is 24.8. The van der Waals surface area contributed by atoms with Crippen molar-refractivity contribution in [1.82, 2.24) is 4.90 Å². The molecule has 120 valence electrons. The molecular formula is C13H16N2O4S3. The van der Waals surface area contributed by atoms with E-state index in [4.69, 9.17) is 5.14 Å². The second-order valence-corrected chi connectivity index (χ2v) is 9.23. The van der Waals surface area contributed by atoms with Gasteiger partial charge in [-0.1, -0.05) is 0 Å². The lowest BCUT2D eigenvalue weighted by molar-refractivity contribution is -0.117. The van der Waals surface area contributed by atoms with E-state index in [-0.39, 0.29) is 16.3 Å². The number of hydrogen-bond acceptors (Lipinski definition) is 7. The van der Waals surface area contributed by atoms with Crippen LogP contribution in [-0.2, 0) is 26.2 Å². The van der Waals surface area contributed by atoms with E-state index < -0.39 is 10.0 Å². The first-order valence-corrected chi connectivity index (χ1v) is 9.65. The maximum absolute atomic E-state index is 11.3. The monoisotopic (exact) mass is 360 g/mol. The zero-order valence-electron chi connectivity index (χ0n) is 12.1. The van der Waals surface area contributed by atoms with Gasteiger partial charge in [-0.15, -0.1) is 22.7 Å². The molecule has 0 fully saturated rings. The van der Waals surface area contributed by atoms with Crippen LogP contribution in [0.4, 0.5) is 0 Å². The molecule has 2 unspecified atom stereocenters. The number of sulfonamides is 1. The van der Waals surface area contributed by atoms with Gasteiger partial charge in [0.25, 0.3) is 0 Å². The number of nitrogens with two attached hydrogens (primary N) is 1. The topological polar surface area (TPSA) is 97.5 Å². The number of carbonyl (C=O) groups is 2. The summed E-state index contributed by atoms with van der Waals surface area (Å²) in [5.74, 6) is 0. The zero-order valence-corrected chi connectivity index (χ0v) is 14.5. The van der Waals surface area contributed by atoms with Crippen molar-refractivity contribution in [2.75, 3.05) is 0 Å². The lowest BCUT2D eigenvalue weighted by Crippen LogP contribution is -2.41. The van der Waals surface area contributed by atoms with E-state index in [2.05, 4.69) is 0 Å². The highest BCUT2D eigenvalue weighted by Crippen LogP contribution is 2.35. The van der Waals surface area contributed by atoms with Gasteiger partial charge in [0.15, 0.2) is 0 Å². The highest BCUT2D eigenvalue weighted by molar-refractivity contribution is 7.91. The second-order valence-electron chi connectivity index (χ2n) is 4.99. The van der Waals surface area contributed by atoms with E-state index in [1.54, 1.807) is 24.8 Å². The van der Waals surface area contributed by atoms with E-state index in [1.165, 1.54) is 11.3 Å². The van der Waals surface area contributed by atoms with Crippen LogP contribution in [0.3, 0.4) is 0 Å². The van der Waals surface area contributed by atoms with Crippen molar-refractivity contribution < 1.29 is 18.0 Å². The molecule has 2 aromatic heterocycles. The van der Waals surface area contributed by atoms with Gasteiger partial charge in [0.1, 0.15) is 16.8 Å². The van der Waals surface area contributed by atoms with Crippen molar-refractivity contribution in [2.24, 2.45) is 5.14 Å². The minimum absolute atomic E-state index is 0.139. The summed E-state index contributed by atoms with van der Waals surface area (Å²) in [6.07, 6.45) is 1.60. The van der Waals surface area contributed by atoms with Crippen LogP contribution in [0.5, 0.6) is 0 Å². The molecule has 0 aliphatic carbocycles. The molecule has 2 rings (SSSR count). The predicted octanol–water partition coefficient (Wildman–Crippen LogP) is 1.59. The molecule has 0 radical (unpaired) electrons. The molecule has 0 bridgehead atoms. The van der Waals surface area contributed by atoms with Crippen LogP contribution < -0.4 is 5.14 Å². The summed E-state index contributed by atoms with van der Waals surface area (Å²) >= 11 is 2.57. The molecule has 2 atom stereocenters. The SMILES string of the molecule is CC(C=O)N(Cc1cc2cc(S(N)(=O)=O)sc2s1)C(C)C=O. The zero-order chi connectivity index (χ0) is 16.5. The quantitative estimate of drug-likeness (QED) is 0.756. The fourth-order valence-corrected chi connectivity index (χ4v) is 5.48. The Morgan fingerprint density at radius 1 is 1.18 bits per heavy atom. The molecule has 9 heteroatoms. The first kappa shape index (κ1) is 17.2. The maximum Gasteiger partial charge on any atom is 0.247 e. The van der Waals surface area contributed by atoms with Crippen molar-refractivity contribution in [2.45, 2.75) is 36.7 Å². The lowest BCUT2D eigenvalue weighted by atomic mass is 10.2.